The third kappa shape index (κ3) is 13.3. The molecule has 0 bridgehead atoms. The minimum Gasteiger partial charge on any atom is -0.346 e. The van der Waals surface area contributed by atoms with Crippen LogP contribution in [-0.2, 0) is 54.0 Å². The van der Waals surface area contributed by atoms with Crippen LogP contribution in [0.2, 0.25) is 0 Å². The number of nitrogens with zero attached hydrogens (tertiary/aromatic N) is 6. The fourth-order valence-electron chi connectivity index (χ4n) is 9.20. The Morgan fingerprint density at radius 3 is 1.36 bits per heavy atom. The molecule has 0 fully saturated rings. The van der Waals surface area contributed by atoms with Gasteiger partial charge < -0.3 is 29.7 Å². The van der Waals surface area contributed by atoms with Gasteiger partial charge in [0.15, 0.2) is 0 Å². The van der Waals surface area contributed by atoms with Crippen molar-refractivity contribution in [3.8, 4) is 45.0 Å². The molecule has 0 saturated heterocycles. The van der Waals surface area contributed by atoms with E-state index in [1.807, 2.05) is 99.3 Å². The number of aromatic nitrogens is 4. The Balaban J connectivity index is 0.000000196. The zero-order valence-corrected chi connectivity index (χ0v) is 48.8. The number of aryl methyl sites for hydroxylation is 1. The molecule has 388 valence electrons. The first-order valence-electron chi connectivity index (χ1n) is 26.0. The first-order chi connectivity index (χ1) is 37.3. The van der Waals surface area contributed by atoms with Crippen molar-refractivity contribution in [3.05, 3.63) is 272 Å². The number of hydrogen-bond acceptors (Lipinski definition) is 6. The van der Waals surface area contributed by atoms with E-state index in [1.54, 1.807) is 0 Å². The van der Waals surface area contributed by atoms with E-state index < -0.39 is 0 Å². The van der Waals surface area contributed by atoms with Crippen LogP contribution in [0.1, 0.15) is 57.7 Å². The maximum absolute atomic E-state index is 4.77. The maximum atomic E-state index is 4.77. The zero-order valence-electron chi connectivity index (χ0n) is 44.2. The van der Waals surface area contributed by atoms with Crippen LogP contribution in [0.5, 0.6) is 0 Å². The summed E-state index contributed by atoms with van der Waals surface area (Å²) in [5.41, 5.74) is 17.1. The van der Waals surface area contributed by atoms with Crippen LogP contribution in [0.15, 0.2) is 231 Å². The SMILES string of the molecule is CC.CC(C)(C)c1ccc(N(c2[c-]c(-c3ccccn3)ccc2)c2[c-]c(-c3ccccn3)ccc2)cc1.[Pt+2].[Pt+2].[c-]1c(-c2cc3c(cn2)C=CCC3)cccc1N(c1[c-]c(-c2cc3ccccc3cn2)ccc1)c1ccccc1. The summed E-state index contributed by atoms with van der Waals surface area (Å²) >= 11 is 0. The average Bonchev–Trinajstić information content (AvgIpc) is 3.53. The fraction of sp³-hybridized carbons (Fsp3) is 0.114. The van der Waals surface area contributed by atoms with Crippen molar-refractivity contribution in [2.45, 2.75) is 52.9 Å². The van der Waals surface area contributed by atoms with E-state index in [4.69, 9.17) is 9.97 Å². The summed E-state index contributed by atoms with van der Waals surface area (Å²) in [7, 11) is 0. The fourth-order valence-corrected chi connectivity index (χ4v) is 9.20. The number of fused-ring (bicyclic) bond motifs is 2. The van der Waals surface area contributed by atoms with Crippen molar-refractivity contribution in [2.75, 3.05) is 9.80 Å². The molecule has 0 aliphatic heterocycles. The molecule has 12 rings (SSSR count). The topological polar surface area (TPSA) is 58.0 Å². The smallest absolute Gasteiger partial charge is 0.346 e. The van der Waals surface area contributed by atoms with E-state index in [2.05, 4.69) is 216 Å². The Kier molecular flexibility index (Phi) is 19.1. The number of para-hydroxylation sites is 1. The Morgan fingerprint density at radius 2 is 0.859 bits per heavy atom. The van der Waals surface area contributed by atoms with Crippen LogP contribution in [-0.4, -0.2) is 19.9 Å². The number of allylic oxidation sites excluding steroid dienone is 1. The summed E-state index contributed by atoms with van der Waals surface area (Å²) in [5, 5.41) is 2.29. The molecular formula is C70H58N6Pt2. The maximum Gasteiger partial charge on any atom is 2.00 e. The van der Waals surface area contributed by atoms with E-state index in [-0.39, 0.29) is 47.5 Å². The molecule has 0 radical (unpaired) electrons. The Labute approximate surface area is 489 Å². The normalized spacial score (nSPS) is 11.3. The van der Waals surface area contributed by atoms with Crippen molar-refractivity contribution >= 4 is 51.0 Å². The first kappa shape index (κ1) is 56.3. The zero-order chi connectivity index (χ0) is 52.3. The summed E-state index contributed by atoms with van der Waals surface area (Å²) in [6.07, 6.45) is 14.0. The van der Waals surface area contributed by atoms with Gasteiger partial charge in [-0.15, -0.1) is 119 Å². The summed E-state index contributed by atoms with van der Waals surface area (Å²) in [4.78, 5) is 22.9. The van der Waals surface area contributed by atoms with Crippen molar-refractivity contribution < 1.29 is 42.1 Å². The molecule has 0 saturated carbocycles. The van der Waals surface area contributed by atoms with Crippen molar-refractivity contribution in [1.29, 1.82) is 0 Å². The number of hydrogen-bond donors (Lipinski definition) is 0. The number of anilines is 6. The molecule has 1 aliphatic rings. The summed E-state index contributed by atoms with van der Waals surface area (Å²) in [6, 6.07) is 82.9. The van der Waals surface area contributed by atoms with E-state index in [0.29, 0.717) is 0 Å². The monoisotopic (exact) mass is 1370 g/mol. The number of rotatable bonds is 10. The van der Waals surface area contributed by atoms with Gasteiger partial charge in [-0.2, -0.15) is 0 Å². The molecule has 0 unspecified atom stereocenters. The van der Waals surface area contributed by atoms with Gasteiger partial charge in [0.2, 0.25) is 0 Å². The summed E-state index contributed by atoms with van der Waals surface area (Å²) in [5.74, 6) is 0. The van der Waals surface area contributed by atoms with Crippen LogP contribution in [0.3, 0.4) is 0 Å². The van der Waals surface area contributed by atoms with Crippen LogP contribution in [0.25, 0.3) is 61.9 Å². The Bertz CT molecular complexity index is 3650. The second-order valence-corrected chi connectivity index (χ2v) is 19.2. The molecule has 0 amide bonds. The van der Waals surface area contributed by atoms with E-state index in [1.165, 1.54) is 16.7 Å². The number of benzene rings is 7. The molecule has 4 aromatic heterocycles. The predicted molar refractivity (Wildman–Crippen MR) is 315 cm³/mol. The molecule has 4 heterocycles. The number of pyridine rings is 4. The van der Waals surface area contributed by atoms with Gasteiger partial charge in [-0.3, -0.25) is 0 Å². The van der Waals surface area contributed by atoms with E-state index in [0.717, 1.165) is 103 Å². The molecule has 0 N–H and O–H groups in total. The molecule has 78 heavy (non-hydrogen) atoms. The van der Waals surface area contributed by atoms with Crippen molar-refractivity contribution in [1.82, 2.24) is 19.9 Å². The Hall–Kier alpha value is -7.88. The average molecular weight is 1370 g/mol. The second-order valence-electron chi connectivity index (χ2n) is 19.2. The minimum atomic E-state index is 0. The van der Waals surface area contributed by atoms with Gasteiger partial charge in [0.25, 0.3) is 0 Å². The van der Waals surface area contributed by atoms with Crippen LogP contribution < -0.4 is 9.80 Å². The van der Waals surface area contributed by atoms with Gasteiger partial charge in [0.05, 0.1) is 0 Å². The van der Waals surface area contributed by atoms with Crippen molar-refractivity contribution in [3.63, 3.8) is 0 Å². The minimum absolute atomic E-state index is 0. The molecular weight excluding hydrogens is 1310 g/mol. The summed E-state index contributed by atoms with van der Waals surface area (Å²) < 4.78 is 0. The molecule has 11 aromatic rings. The third-order valence-electron chi connectivity index (χ3n) is 13.1. The molecule has 6 nitrogen and oxygen atoms in total. The third-order valence-corrected chi connectivity index (χ3v) is 13.1. The summed E-state index contributed by atoms with van der Waals surface area (Å²) in [6.45, 7) is 10.7. The van der Waals surface area contributed by atoms with Gasteiger partial charge in [0.1, 0.15) is 0 Å². The van der Waals surface area contributed by atoms with Gasteiger partial charge >= 0.3 is 42.1 Å². The molecule has 7 aromatic carbocycles. The van der Waals surface area contributed by atoms with Gasteiger partial charge in [-0.1, -0.05) is 138 Å². The van der Waals surface area contributed by atoms with Crippen LogP contribution in [0.4, 0.5) is 34.1 Å². The van der Waals surface area contributed by atoms with Gasteiger partial charge in [-0.05, 0) is 128 Å². The molecule has 1 aliphatic carbocycles. The second kappa shape index (κ2) is 26.4. The van der Waals surface area contributed by atoms with Crippen molar-refractivity contribution in [2.24, 2.45) is 0 Å². The largest absolute Gasteiger partial charge is 2.00 e. The van der Waals surface area contributed by atoms with E-state index in [9.17, 15) is 0 Å². The standard InChI is InChI=1S/C36H25N3.C32H27N3.C2H6.2Pt/c1-2-16-32(17-3-1)39(33-18-8-14-28(20-33)35-22-26-10-4-6-12-30(26)24-37-35)34-19-9-15-29(21-34)36-23-27-11-5-7-13-31(27)25-38-36;1-32(2,3)26-16-18-27(19-17-26)35(28-12-8-10-24(22-28)30-14-4-6-20-33-30)29-13-9-11-25(23-29)31-15-5-7-21-34-31;1-2;;/h1-4,6-10,12-19,22-25H,5,11H2;4-21H,1-3H3;1-2H3;;/q2*-2;;2*+2. The molecule has 8 heteroatoms. The molecule has 0 atom stereocenters. The van der Waals surface area contributed by atoms with Gasteiger partial charge in [0, 0.05) is 36.2 Å². The van der Waals surface area contributed by atoms with E-state index >= 15 is 0 Å². The van der Waals surface area contributed by atoms with Crippen LogP contribution >= 0.6 is 0 Å². The Morgan fingerprint density at radius 1 is 0.410 bits per heavy atom. The van der Waals surface area contributed by atoms with Crippen LogP contribution in [0, 0.1) is 24.3 Å². The quantitative estimate of drug-likeness (QED) is 0.127. The first-order valence-corrected chi connectivity index (χ1v) is 26.0. The molecule has 0 spiro atoms. The van der Waals surface area contributed by atoms with Gasteiger partial charge in [-0.25, -0.2) is 0 Å². The predicted octanol–water partition coefficient (Wildman–Crippen LogP) is 18.2.